The van der Waals surface area contributed by atoms with Crippen LogP contribution in [0.15, 0.2) is 0 Å². The lowest BCUT2D eigenvalue weighted by Gasteiger charge is -2.27. The number of carbonyl (C=O) groups excluding carboxylic acids is 1. The summed E-state index contributed by atoms with van der Waals surface area (Å²) in [6.07, 6.45) is 11.4. The number of amides is 1. The van der Waals surface area contributed by atoms with Crippen LogP contribution in [-0.2, 0) is 4.79 Å². The van der Waals surface area contributed by atoms with Gasteiger partial charge in [-0.05, 0) is 50.9 Å². The number of rotatable bonds is 9. The molecule has 0 spiro atoms. The molecule has 1 amide bonds. The van der Waals surface area contributed by atoms with Crippen molar-refractivity contribution in [1.82, 2.24) is 5.32 Å². The van der Waals surface area contributed by atoms with Crippen LogP contribution in [0.3, 0.4) is 0 Å². The zero-order chi connectivity index (χ0) is 13.9. The molecule has 0 aromatic heterocycles. The van der Waals surface area contributed by atoms with Crippen molar-refractivity contribution in [2.75, 3.05) is 13.2 Å². The van der Waals surface area contributed by atoms with Crippen molar-refractivity contribution in [1.29, 1.82) is 0 Å². The molecule has 0 radical (unpaired) electrons. The third-order valence-electron chi connectivity index (χ3n) is 4.32. The van der Waals surface area contributed by atoms with E-state index in [9.17, 15) is 4.79 Å². The van der Waals surface area contributed by atoms with Crippen molar-refractivity contribution in [3.05, 3.63) is 0 Å². The van der Waals surface area contributed by atoms with E-state index >= 15 is 0 Å². The summed E-state index contributed by atoms with van der Waals surface area (Å²) >= 11 is 0. The first kappa shape index (κ1) is 16.5. The molecule has 19 heavy (non-hydrogen) atoms. The molecule has 0 saturated heterocycles. The van der Waals surface area contributed by atoms with Gasteiger partial charge in [0.15, 0.2) is 0 Å². The highest BCUT2D eigenvalue weighted by Gasteiger charge is 2.25. The van der Waals surface area contributed by atoms with Crippen molar-refractivity contribution in [2.24, 2.45) is 11.8 Å². The second kappa shape index (κ2) is 10.2. The predicted molar refractivity (Wildman–Crippen MR) is 78.9 cm³/mol. The Balaban J connectivity index is 2.07. The minimum absolute atomic E-state index is 0.260. The van der Waals surface area contributed by atoms with Crippen molar-refractivity contribution in [3.63, 3.8) is 0 Å². The number of aliphatic hydroxyl groups excluding tert-OH is 1. The van der Waals surface area contributed by atoms with Gasteiger partial charge in [-0.1, -0.05) is 26.2 Å². The summed E-state index contributed by atoms with van der Waals surface area (Å²) in [7, 11) is 0. The monoisotopic (exact) mass is 269 g/mol. The summed E-state index contributed by atoms with van der Waals surface area (Å²) in [6, 6.07) is 0. The molecule has 0 aromatic carbocycles. The Hall–Kier alpha value is -0.570. The summed E-state index contributed by atoms with van der Waals surface area (Å²) in [4.78, 5) is 12.0. The Bertz CT molecular complexity index is 235. The molecule has 3 nitrogen and oxygen atoms in total. The topological polar surface area (TPSA) is 49.3 Å². The highest BCUT2D eigenvalue weighted by atomic mass is 16.2. The van der Waals surface area contributed by atoms with Crippen molar-refractivity contribution in [2.45, 2.75) is 71.1 Å². The first-order valence-corrected chi connectivity index (χ1v) is 8.16. The van der Waals surface area contributed by atoms with Crippen LogP contribution >= 0.6 is 0 Å². The Morgan fingerprint density at radius 2 is 1.84 bits per heavy atom. The van der Waals surface area contributed by atoms with E-state index in [1.54, 1.807) is 0 Å². The van der Waals surface area contributed by atoms with E-state index in [0.717, 1.165) is 44.6 Å². The number of hydrogen-bond donors (Lipinski definition) is 2. The highest BCUT2D eigenvalue weighted by Crippen LogP contribution is 2.31. The summed E-state index contributed by atoms with van der Waals surface area (Å²) in [5, 5.41) is 11.7. The van der Waals surface area contributed by atoms with Gasteiger partial charge in [0.1, 0.15) is 0 Å². The molecule has 0 atom stereocenters. The Morgan fingerprint density at radius 3 is 2.47 bits per heavy atom. The average molecular weight is 269 g/mol. The first-order valence-electron chi connectivity index (χ1n) is 8.16. The van der Waals surface area contributed by atoms with Crippen molar-refractivity contribution in [3.8, 4) is 0 Å². The van der Waals surface area contributed by atoms with Gasteiger partial charge < -0.3 is 10.4 Å². The Morgan fingerprint density at radius 1 is 1.11 bits per heavy atom. The molecular weight excluding hydrogens is 238 g/mol. The molecule has 0 heterocycles. The molecular formula is C16H31NO2. The number of carbonyl (C=O) groups is 1. The molecule has 0 unspecified atom stereocenters. The fraction of sp³-hybridized carbons (Fsp3) is 0.938. The SMILES string of the molecule is CCCCC1CCC(C(=O)NCCCCCO)CC1. The van der Waals surface area contributed by atoms with Gasteiger partial charge in [0.05, 0.1) is 0 Å². The summed E-state index contributed by atoms with van der Waals surface area (Å²) in [5.74, 6) is 1.39. The van der Waals surface area contributed by atoms with E-state index < -0.39 is 0 Å². The zero-order valence-corrected chi connectivity index (χ0v) is 12.5. The van der Waals surface area contributed by atoms with Crippen LogP contribution in [0.5, 0.6) is 0 Å². The summed E-state index contributed by atoms with van der Waals surface area (Å²) < 4.78 is 0. The Labute approximate surface area is 118 Å². The fourth-order valence-corrected chi connectivity index (χ4v) is 2.98. The minimum Gasteiger partial charge on any atom is -0.396 e. The molecule has 2 N–H and O–H groups in total. The van der Waals surface area contributed by atoms with E-state index in [4.69, 9.17) is 5.11 Å². The first-order chi connectivity index (χ1) is 9.27. The van der Waals surface area contributed by atoms with Crippen molar-refractivity contribution < 1.29 is 9.90 Å². The van der Waals surface area contributed by atoms with Gasteiger partial charge in [0, 0.05) is 19.1 Å². The van der Waals surface area contributed by atoms with Gasteiger partial charge in [0.2, 0.25) is 5.91 Å². The normalized spacial score (nSPS) is 23.3. The van der Waals surface area contributed by atoms with Gasteiger partial charge in [-0.3, -0.25) is 4.79 Å². The summed E-state index contributed by atoms with van der Waals surface area (Å²) in [6.45, 7) is 3.28. The maximum Gasteiger partial charge on any atom is 0.223 e. The molecule has 0 aromatic rings. The molecule has 1 saturated carbocycles. The van der Waals surface area contributed by atoms with Crippen LogP contribution in [0.25, 0.3) is 0 Å². The van der Waals surface area contributed by atoms with Gasteiger partial charge >= 0.3 is 0 Å². The van der Waals surface area contributed by atoms with E-state index in [2.05, 4.69) is 12.2 Å². The smallest absolute Gasteiger partial charge is 0.223 e. The van der Waals surface area contributed by atoms with Crippen LogP contribution in [0.1, 0.15) is 71.1 Å². The zero-order valence-electron chi connectivity index (χ0n) is 12.5. The van der Waals surface area contributed by atoms with Crippen LogP contribution in [-0.4, -0.2) is 24.2 Å². The quantitative estimate of drug-likeness (QED) is 0.631. The molecule has 1 fully saturated rings. The van der Waals surface area contributed by atoms with Crippen LogP contribution in [0.2, 0.25) is 0 Å². The second-order valence-electron chi connectivity index (χ2n) is 5.94. The number of unbranched alkanes of at least 4 members (excludes halogenated alkanes) is 3. The van der Waals surface area contributed by atoms with Gasteiger partial charge in [-0.15, -0.1) is 0 Å². The van der Waals surface area contributed by atoms with Crippen molar-refractivity contribution >= 4 is 5.91 Å². The number of aliphatic hydroxyl groups is 1. The van der Waals surface area contributed by atoms with Crippen LogP contribution in [0, 0.1) is 11.8 Å². The molecule has 1 aliphatic carbocycles. The van der Waals surface area contributed by atoms with Crippen LogP contribution < -0.4 is 5.32 Å². The molecule has 0 aliphatic heterocycles. The fourth-order valence-electron chi connectivity index (χ4n) is 2.98. The summed E-state index contributed by atoms with van der Waals surface area (Å²) in [5.41, 5.74) is 0. The van der Waals surface area contributed by atoms with Gasteiger partial charge in [-0.2, -0.15) is 0 Å². The van der Waals surface area contributed by atoms with E-state index in [1.165, 1.54) is 32.1 Å². The van der Waals surface area contributed by atoms with Gasteiger partial charge in [0.25, 0.3) is 0 Å². The second-order valence-corrected chi connectivity index (χ2v) is 5.94. The molecule has 0 bridgehead atoms. The number of nitrogens with one attached hydrogen (secondary N) is 1. The van der Waals surface area contributed by atoms with Crippen LogP contribution in [0.4, 0.5) is 0 Å². The third kappa shape index (κ3) is 6.95. The largest absolute Gasteiger partial charge is 0.396 e. The predicted octanol–water partition coefficient (Wildman–Crippen LogP) is 3.26. The molecule has 112 valence electrons. The van der Waals surface area contributed by atoms with E-state index in [1.807, 2.05) is 0 Å². The molecule has 1 aliphatic rings. The highest BCUT2D eigenvalue weighted by molar-refractivity contribution is 5.78. The lowest BCUT2D eigenvalue weighted by atomic mass is 9.79. The molecule has 3 heteroatoms. The Kier molecular flexibility index (Phi) is 8.89. The molecule has 1 rings (SSSR count). The lowest BCUT2D eigenvalue weighted by Crippen LogP contribution is -2.33. The maximum absolute atomic E-state index is 12.0. The lowest BCUT2D eigenvalue weighted by molar-refractivity contribution is -0.126. The number of hydrogen-bond acceptors (Lipinski definition) is 2. The van der Waals surface area contributed by atoms with Gasteiger partial charge in [-0.25, -0.2) is 0 Å². The van der Waals surface area contributed by atoms with E-state index in [-0.39, 0.29) is 18.4 Å². The third-order valence-corrected chi connectivity index (χ3v) is 4.32. The standard InChI is InChI=1S/C16H31NO2/c1-2-3-7-14-8-10-15(11-9-14)16(19)17-12-5-4-6-13-18/h14-15,18H,2-13H2,1H3,(H,17,19). The minimum atomic E-state index is 0.260. The maximum atomic E-state index is 12.0. The van der Waals surface area contributed by atoms with E-state index in [0.29, 0.717) is 0 Å². The average Bonchev–Trinajstić information content (AvgIpc) is 2.45.